The quantitative estimate of drug-likeness (QED) is 0.690. The van der Waals surface area contributed by atoms with Crippen LogP contribution in [0.5, 0.6) is 0 Å². The first-order valence-electron chi connectivity index (χ1n) is 5.53. The van der Waals surface area contributed by atoms with E-state index < -0.39 is 0 Å². The molecule has 1 unspecified atom stereocenters. The highest BCUT2D eigenvalue weighted by Crippen LogP contribution is 2.27. The second-order valence-electron chi connectivity index (χ2n) is 4.20. The molecule has 16 heavy (non-hydrogen) atoms. The lowest BCUT2D eigenvalue weighted by molar-refractivity contribution is -0.129. The maximum Gasteiger partial charge on any atom is 0.224 e. The van der Waals surface area contributed by atoms with E-state index in [0.29, 0.717) is 13.0 Å². The lowest BCUT2D eigenvalue weighted by Gasteiger charge is -2.24. The molecule has 1 aromatic carbocycles. The highest BCUT2D eigenvalue weighted by Gasteiger charge is 2.31. The van der Waals surface area contributed by atoms with E-state index in [1.807, 2.05) is 42.2 Å². The van der Waals surface area contributed by atoms with Crippen LogP contribution in [0.3, 0.4) is 0 Å². The van der Waals surface area contributed by atoms with Crippen molar-refractivity contribution in [1.29, 1.82) is 0 Å². The van der Waals surface area contributed by atoms with Crippen molar-refractivity contribution in [3.8, 4) is 12.3 Å². The van der Waals surface area contributed by atoms with Crippen LogP contribution in [0.2, 0.25) is 0 Å². The predicted octanol–water partition coefficient (Wildman–Crippen LogP) is 2.23. The summed E-state index contributed by atoms with van der Waals surface area (Å²) in [6.07, 6.45) is 5.86. The molecule has 1 aliphatic heterocycles. The summed E-state index contributed by atoms with van der Waals surface area (Å²) in [5.74, 6) is 2.92. The van der Waals surface area contributed by atoms with Gasteiger partial charge in [0.2, 0.25) is 5.91 Å². The van der Waals surface area contributed by atoms with Crippen LogP contribution in [0.15, 0.2) is 30.3 Å². The van der Waals surface area contributed by atoms with Crippen molar-refractivity contribution < 1.29 is 4.79 Å². The number of terminal acetylenes is 1. The SMILES string of the molecule is C#CC1CC(=O)N([C@@H](C)c2ccccc2)C1. The van der Waals surface area contributed by atoms with Crippen molar-refractivity contribution in [3.05, 3.63) is 35.9 Å². The summed E-state index contributed by atoms with van der Waals surface area (Å²) in [4.78, 5) is 13.7. The third kappa shape index (κ3) is 1.94. The normalized spacial score (nSPS) is 21.9. The van der Waals surface area contributed by atoms with Crippen LogP contribution in [0.1, 0.15) is 24.9 Å². The molecule has 1 heterocycles. The summed E-state index contributed by atoms with van der Waals surface area (Å²) in [5, 5.41) is 0. The molecule has 0 saturated carbocycles. The Kier molecular flexibility index (Phi) is 2.96. The van der Waals surface area contributed by atoms with Crippen molar-refractivity contribution in [2.24, 2.45) is 5.92 Å². The lowest BCUT2D eigenvalue weighted by atomic mass is 10.1. The first-order chi connectivity index (χ1) is 7.72. The second-order valence-corrected chi connectivity index (χ2v) is 4.20. The number of hydrogen-bond donors (Lipinski definition) is 0. The molecule has 1 fully saturated rings. The molecule has 0 spiro atoms. The van der Waals surface area contributed by atoms with Crippen LogP contribution >= 0.6 is 0 Å². The molecule has 1 aromatic rings. The Morgan fingerprint density at radius 2 is 2.12 bits per heavy atom. The molecule has 0 radical (unpaired) electrons. The second kappa shape index (κ2) is 4.40. The molecule has 0 bridgehead atoms. The highest BCUT2D eigenvalue weighted by molar-refractivity contribution is 5.79. The van der Waals surface area contributed by atoms with Crippen LogP contribution < -0.4 is 0 Å². The van der Waals surface area contributed by atoms with Crippen LogP contribution in [0, 0.1) is 18.3 Å². The summed E-state index contributed by atoms with van der Waals surface area (Å²) < 4.78 is 0. The van der Waals surface area contributed by atoms with Crippen molar-refractivity contribution in [1.82, 2.24) is 4.90 Å². The van der Waals surface area contributed by atoms with E-state index in [-0.39, 0.29) is 17.9 Å². The first-order valence-corrected chi connectivity index (χ1v) is 5.53. The topological polar surface area (TPSA) is 20.3 Å². The van der Waals surface area contributed by atoms with Gasteiger partial charge in [0.25, 0.3) is 0 Å². The van der Waals surface area contributed by atoms with E-state index in [0.717, 1.165) is 5.56 Å². The zero-order valence-electron chi connectivity index (χ0n) is 9.39. The number of hydrogen-bond acceptors (Lipinski definition) is 1. The predicted molar refractivity (Wildman–Crippen MR) is 63.5 cm³/mol. The molecule has 2 rings (SSSR count). The van der Waals surface area contributed by atoms with E-state index in [1.54, 1.807) is 0 Å². The van der Waals surface area contributed by atoms with Gasteiger partial charge in [-0.25, -0.2) is 0 Å². The van der Waals surface area contributed by atoms with Gasteiger partial charge in [-0.1, -0.05) is 30.3 Å². The van der Waals surface area contributed by atoms with Gasteiger partial charge < -0.3 is 4.90 Å². The maximum absolute atomic E-state index is 11.8. The fourth-order valence-electron chi connectivity index (χ4n) is 2.13. The van der Waals surface area contributed by atoms with Crippen molar-refractivity contribution >= 4 is 5.91 Å². The standard InChI is InChI=1S/C14H15NO/c1-3-12-9-14(16)15(10-12)11(2)13-7-5-4-6-8-13/h1,4-8,11-12H,9-10H2,2H3/t11-,12?/m0/s1. The molecule has 2 heteroatoms. The molecular formula is C14H15NO. The smallest absolute Gasteiger partial charge is 0.224 e. The zero-order chi connectivity index (χ0) is 11.5. The number of likely N-dealkylation sites (tertiary alicyclic amines) is 1. The van der Waals surface area contributed by atoms with Gasteiger partial charge in [0.1, 0.15) is 0 Å². The molecule has 0 N–H and O–H groups in total. The molecule has 82 valence electrons. The van der Waals surface area contributed by atoms with Gasteiger partial charge in [0.05, 0.1) is 6.04 Å². The monoisotopic (exact) mass is 213 g/mol. The van der Waals surface area contributed by atoms with E-state index in [1.165, 1.54) is 0 Å². The van der Waals surface area contributed by atoms with E-state index in [9.17, 15) is 4.79 Å². The molecule has 1 amide bonds. The number of carbonyl (C=O) groups excluding carboxylic acids is 1. The van der Waals surface area contributed by atoms with E-state index >= 15 is 0 Å². The van der Waals surface area contributed by atoms with E-state index in [2.05, 4.69) is 5.92 Å². The number of benzene rings is 1. The van der Waals surface area contributed by atoms with Gasteiger partial charge in [0, 0.05) is 18.9 Å². The molecular weight excluding hydrogens is 198 g/mol. The van der Waals surface area contributed by atoms with Crippen LogP contribution in [-0.2, 0) is 4.79 Å². The van der Waals surface area contributed by atoms with Crippen molar-refractivity contribution in [3.63, 3.8) is 0 Å². The summed E-state index contributed by atoms with van der Waals surface area (Å²) in [6, 6.07) is 10.2. The lowest BCUT2D eigenvalue weighted by Crippen LogP contribution is -2.28. The third-order valence-electron chi connectivity index (χ3n) is 3.14. The zero-order valence-corrected chi connectivity index (χ0v) is 9.39. The fourth-order valence-corrected chi connectivity index (χ4v) is 2.13. The number of rotatable bonds is 2. The Labute approximate surface area is 96.3 Å². The largest absolute Gasteiger partial charge is 0.335 e. The Morgan fingerprint density at radius 3 is 2.69 bits per heavy atom. The van der Waals surface area contributed by atoms with Gasteiger partial charge >= 0.3 is 0 Å². The van der Waals surface area contributed by atoms with Crippen LogP contribution in [-0.4, -0.2) is 17.4 Å². The molecule has 1 aliphatic rings. The van der Waals surface area contributed by atoms with Gasteiger partial charge in [-0.05, 0) is 12.5 Å². The van der Waals surface area contributed by atoms with Crippen molar-refractivity contribution in [2.75, 3.05) is 6.54 Å². The minimum atomic E-state index is 0.0821. The average Bonchev–Trinajstić information content (AvgIpc) is 2.71. The number of carbonyl (C=O) groups is 1. The maximum atomic E-state index is 11.8. The van der Waals surface area contributed by atoms with Gasteiger partial charge in [-0.2, -0.15) is 0 Å². The average molecular weight is 213 g/mol. The van der Waals surface area contributed by atoms with E-state index in [4.69, 9.17) is 6.42 Å². The van der Waals surface area contributed by atoms with Gasteiger partial charge in [-0.15, -0.1) is 12.3 Å². The Hall–Kier alpha value is -1.75. The molecule has 2 nitrogen and oxygen atoms in total. The first kappa shape index (κ1) is 10.8. The van der Waals surface area contributed by atoms with Crippen LogP contribution in [0.25, 0.3) is 0 Å². The van der Waals surface area contributed by atoms with Crippen LogP contribution in [0.4, 0.5) is 0 Å². The molecule has 0 aromatic heterocycles. The molecule has 2 atom stereocenters. The number of nitrogens with zero attached hydrogens (tertiary/aromatic N) is 1. The number of amides is 1. The minimum absolute atomic E-state index is 0.0821. The summed E-state index contributed by atoms with van der Waals surface area (Å²) in [6.45, 7) is 2.73. The summed E-state index contributed by atoms with van der Waals surface area (Å²) in [5.41, 5.74) is 1.16. The highest BCUT2D eigenvalue weighted by atomic mass is 16.2. The minimum Gasteiger partial charge on any atom is -0.335 e. The Balaban J connectivity index is 2.15. The van der Waals surface area contributed by atoms with Gasteiger partial charge in [-0.3, -0.25) is 4.79 Å². The summed E-state index contributed by atoms with van der Waals surface area (Å²) >= 11 is 0. The van der Waals surface area contributed by atoms with Gasteiger partial charge in [0.15, 0.2) is 0 Å². The fraction of sp³-hybridized carbons (Fsp3) is 0.357. The third-order valence-corrected chi connectivity index (χ3v) is 3.14. The Morgan fingerprint density at radius 1 is 1.44 bits per heavy atom. The summed E-state index contributed by atoms with van der Waals surface area (Å²) in [7, 11) is 0. The molecule has 1 saturated heterocycles. The van der Waals surface area contributed by atoms with Crippen molar-refractivity contribution in [2.45, 2.75) is 19.4 Å². The molecule has 0 aliphatic carbocycles. The Bertz CT molecular complexity index is 418.